The third kappa shape index (κ3) is 5.04. The largest absolute Gasteiger partial charge is 0.361 e. The number of nitrogens with zero attached hydrogens (tertiary/aromatic N) is 1. The van der Waals surface area contributed by atoms with Crippen LogP contribution >= 0.6 is 11.6 Å². The van der Waals surface area contributed by atoms with E-state index in [1.807, 2.05) is 38.1 Å². The Kier molecular flexibility index (Phi) is 5.73. The molecule has 7 heteroatoms. The van der Waals surface area contributed by atoms with Crippen LogP contribution in [0.2, 0.25) is 5.02 Å². The molecule has 0 bridgehead atoms. The smallest absolute Gasteiger partial charge is 0.279 e. The van der Waals surface area contributed by atoms with Crippen LogP contribution in [0.1, 0.15) is 17.0 Å². The lowest BCUT2D eigenvalue weighted by molar-refractivity contribution is -1.02. The molecule has 3 rings (SSSR count). The van der Waals surface area contributed by atoms with E-state index in [1.165, 1.54) is 9.80 Å². The number of halogens is 1. The Morgan fingerprint density at radius 2 is 1.92 bits per heavy atom. The third-order valence-electron chi connectivity index (χ3n) is 4.58. The molecular formula is C18H25ClN4O2+2. The Morgan fingerprint density at radius 1 is 1.20 bits per heavy atom. The van der Waals surface area contributed by atoms with Crippen LogP contribution in [0.3, 0.4) is 0 Å². The normalized spacial score (nSPS) is 20.4. The fourth-order valence-electron chi connectivity index (χ4n) is 3.21. The number of aryl methyl sites for hydroxylation is 2. The highest BCUT2D eigenvalue weighted by Crippen LogP contribution is 2.22. The van der Waals surface area contributed by atoms with Gasteiger partial charge in [0.25, 0.3) is 5.91 Å². The number of carbonyl (C=O) groups excluding carboxylic acids is 1. The molecule has 1 amide bonds. The molecule has 2 aromatic rings. The van der Waals surface area contributed by atoms with Crippen molar-refractivity contribution < 1.29 is 19.1 Å². The second-order valence-electron chi connectivity index (χ2n) is 6.81. The van der Waals surface area contributed by atoms with Gasteiger partial charge < -0.3 is 19.6 Å². The predicted octanol–water partition coefficient (Wildman–Crippen LogP) is -0.133. The SMILES string of the molecule is Cc1ccc(NC(=O)C[NH+]2CC[NH+](Cc3cc(C)on3)CC2)c(Cl)c1. The molecule has 2 heterocycles. The Hall–Kier alpha value is -1.89. The lowest BCUT2D eigenvalue weighted by Crippen LogP contribution is -3.28. The van der Waals surface area contributed by atoms with Gasteiger partial charge >= 0.3 is 0 Å². The van der Waals surface area contributed by atoms with Gasteiger partial charge in [0.15, 0.2) is 6.54 Å². The maximum Gasteiger partial charge on any atom is 0.279 e. The number of hydrogen-bond acceptors (Lipinski definition) is 3. The Morgan fingerprint density at radius 3 is 2.56 bits per heavy atom. The lowest BCUT2D eigenvalue weighted by atomic mass is 10.2. The number of anilines is 1. The number of carbonyl (C=O) groups is 1. The van der Waals surface area contributed by atoms with E-state index in [0.29, 0.717) is 17.3 Å². The lowest BCUT2D eigenvalue weighted by Gasteiger charge is -2.28. The molecule has 0 unspecified atom stereocenters. The molecule has 0 aliphatic carbocycles. The summed E-state index contributed by atoms with van der Waals surface area (Å²) in [6, 6.07) is 7.65. The van der Waals surface area contributed by atoms with Crippen LogP contribution in [-0.2, 0) is 11.3 Å². The molecule has 1 fully saturated rings. The number of aromatic nitrogens is 1. The standard InChI is InChI=1S/C18H23ClN4O2/c1-13-3-4-17(16(19)9-13)20-18(24)12-23-7-5-22(6-8-23)11-15-10-14(2)25-21-15/h3-4,9-10H,5-8,11-12H2,1-2H3,(H,20,24)/p+2. The topological polar surface area (TPSA) is 64.0 Å². The molecule has 6 nitrogen and oxygen atoms in total. The van der Waals surface area contributed by atoms with Crippen LogP contribution in [-0.4, -0.2) is 43.8 Å². The minimum atomic E-state index is 0.0105. The van der Waals surface area contributed by atoms with Gasteiger partial charge in [-0.3, -0.25) is 4.79 Å². The molecule has 3 N–H and O–H groups in total. The number of nitrogens with one attached hydrogen (secondary N) is 3. The maximum absolute atomic E-state index is 12.3. The number of quaternary nitrogens is 2. The first-order valence-corrected chi connectivity index (χ1v) is 9.03. The molecule has 0 spiro atoms. The van der Waals surface area contributed by atoms with Crippen molar-refractivity contribution in [3.05, 3.63) is 46.3 Å². The average molecular weight is 365 g/mol. The van der Waals surface area contributed by atoms with Crippen molar-refractivity contribution in [3.8, 4) is 0 Å². The van der Waals surface area contributed by atoms with Crippen molar-refractivity contribution in [2.45, 2.75) is 20.4 Å². The molecule has 1 aliphatic rings. The molecule has 1 saturated heterocycles. The molecular weight excluding hydrogens is 340 g/mol. The Balaban J connectivity index is 1.44. The summed E-state index contributed by atoms with van der Waals surface area (Å²) in [6.45, 7) is 9.25. The van der Waals surface area contributed by atoms with Crippen molar-refractivity contribution in [2.24, 2.45) is 0 Å². The zero-order chi connectivity index (χ0) is 17.8. The van der Waals surface area contributed by atoms with Crippen molar-refractivity contribution >= 4 is 23.2 Å². The van der Waals surface area contributed by atoms with E-state index in [1.54, 1.807) is 0 Å². The molecule has 0 radical (unpaired) electrons. The monoisotopic (exact) mass is 364 g/mol. The maximum atomic E-state index is 12.3. The van der Waals surface area contributed by atoms with Crippen LogP contribution in [0.4, 0.5) is 5.69 Å². The number of rotatable bonds is 5. The van der Waals surface area contributed by atoms with E-state index < -0.39 is 0 Å². The van der Waals surface area contributed by atoms with E-state index in [-0.39, 0.29) is 5.91 Å². The van der Waals surface area contributed by atoms with Crippen molar-refractivity contribution in [1.29, 1.82) is 0 Å². The molecule has 25 heavy (non-hydrogen) atoms. The van der Waals surface area contributed by atoms with Crippen LogP contribution in [0, 0.1) is 13.8 Å². The predicted molar refractivity (Wildman–Crippen MR) is 96.0 cm³/mol. The van der Waals surface area contributed by atoms with Crippen LogP contribution in [0.25, 0.3) is 0 Å². The van der Waals surface area contributed by atoms with Crippen molar-refractivity contribution in [1.82, 2.24) is 5.16 Å². The van der Waals surface area contributed by atoms with Crippen molar-refractivity contribution in [3.63, 3.8) is 0 Å². The zero-order valence-corrected chi connectivity index (χ0v) is 15.4. The minimum Gasteiger partial charge on any atom is -0.361 e. The fraction of sp³-hybridized carbons (Fsp3) is 0.444. The second kappa shape index (κ2) is 7.99. The van der Waals surface area contributed by atoms with Crippen LogP contribution in [0.5, 0.6) is 0 Å². The van der Waals surface area contributed by atoms with E-state index in [9.17, 15) is 4.79 Å². The zero-order valence-electron chi connectivity index (χ0n) is 14.7. The minimum absolute atomic E-state index is 0.0105. The first kappa shape index (κ1) is 17.9. The van der Waals surface area contributed by atoms with Gasteiger partial charge in [0, 0.05) is 6.07 Å². The highest BCUT2D eigenvalue weighted by atomic mass is 35.5. The summed E-state index contributed by atoms with van der Waals surface area (Å²) < 4.78 is 5.12. The fourth-order valence-corrected chi connectivity index (χ4v) is 3.49. The van der Waals surface area contributed by atoms with E-state index >= 15 is 0 Å². The second-order valence-corrected chi connectivity index (χ2v) is 7.22. The van der Waals surface area contributed by atoms with Gasteiger partial charge in [0.1, 0.15) is 44.2 Å². The Labute approximate surface area is 152 Å². The first-order valence-electron chi connectivity index (χ1n) is 8.65. The number of hydrogen-bond donors (Lipinski definition) is 3. The van der Waals surface area contributed by atoms with E-state index in [4.69, 9.17) is 16.1 Å². The van der Waals surface area contributed by atoms with Gasteiger partial charge in [-0.1, -0.05) is 22.8 Å². The molecule has 1 aromatic heterocycles. The summed E-state index contributed by atoms with van der Waals surface area (Å²) >= 11 is 6.18. The number of benzene rings is 1. The quantitative estimate of drug-likeness (QED) is 0.692. The first-order chi connectivity index (χ1) is 12.0. The van der Waals surface area contributed by atoms with Crippen LogP contribution in [0.15, 0.2) is 28.8 Å². The van der Waals surface area contributed by atoms with Gasteiger partial charge in [-0.05, 0) is 31.5 Å². The molecule has 0 saturated carbocycles. The molecule has 134 valence electrons. The summed E-state index contributed by atoms with van der Waals surface area (Å²) in [5.74, 6) is 0.862. The third-order valence-corrected chi connectivity index (χ3v) is 4.89. The number of piperazine rings is 1. The number of amides is 1. The van der Waals surface area contributed by atoms with Crippen LogP contribution < -0.4 is 15.1 Å². The Bertz CT molecular complexity index is 738. The molecule has 0 atom stereocenters. The summed E-state index contributed by atoms with van der Waals surface area (Å²) in [5.41, 5.74) is 2.76. The highest BCUT2D eigenvalue weighted by Gasteiger charge is 2.25. The van der Waals surface area contributed by atoms with Crippen molar-refractivity contribution in [2.75, 3.05) is 38.0 Å². The molecule has 1 aliphatic heterocycles. The molecule has 1 aromatic carbocycles. The summed E-state index contributed by atoms with van der Waals surface area (Å²) in [7, 11) is 0. The van der Waals surface area contributed by atoms with Gasteiger partial charge in [0.05, 0.1) is 10.7 Å². The average Bonchev–Trinajstić information content (AvgIpc) is 2.97. The van der Waals surface area contributed by atoms with Gasteiger partial charge in [0.2, 0.25) is 0 Å². The van der Waals surface area contributed by atoms with Gasteiger partial charge in [-0.15, -0.1) is 0 Å². The van der Waals surface area contributed by atoms with Gasteiger partial charge in [-0.2, -0.15) is 0 Å². The summed E-state index contributed by atoms with van der Waals surface area (Å²) in [6.07, 6.45) is 0. The summed E-state index contributed by atoms with van der Waals surface area (Å²) in [5, 5.41) is 7.56. The van der Waals surface area contributed by atoms with E-state index in [2.05, 4.69) is 10.5 Å². The van der Waals surface area contributed by atoms with Gasteiger partial charge in [-0.25, -0.2) is 0 Å². The summed E-state index contributed by atoms with van der Waals surface area (Å²) in [4.78, 5) is 15.1. The highest BCUT2D eigenvalue weighted by molar-refractivity contribution is 6.33. The van der Waals surface area contributed by atoms with E-state index in [0.717, 1.165) is 49.7 Å².